The summed E-state index contributed by atoms with van der Waals surface area (Å²) in [7, 11) is 0. The van der Waals surface area contributed by atoms with E-state index in [0.29, 0.717) is 11.6 Å². The van der Waals surface area contributed by atoms with Crippen molar-refractivity contribution < 1.29 is 4.74 Å². The molecular formula is C22H19BrClNO. The predicted octanol–water partition coefficient (Wildman–Crippen LogP) is 7.05. The van der Waals surface area contributed by atoms with E-state index >= 15 is 0 Å². The van der Waals surface area contributed by atoms with Gasteiger partial charge in [-0.3, -0.25) is 4.99 Å². The minimum absolute atomic E-state index is 0.467. The van der Waals surface area contributed by atoms with Gasteiger partial charge in [-0.2, -0.15) is 0 Å². The number of halogens is 2. The lowest BCUT2D eigenvalue weighted by atomic mass is 10.1. The molecule has 2 nitrogen and oxygen atoms in total. The van der Waals surface area contributed by atoms with Crippen LogP contribution in [0.5, 0.6) is 5.75 Å². The van der Waals surface area contributed by atoms with E-state index in [4.69, 9.17) is 16.3 Å². The highest BCUT2D eigenvalue weighted by molar-refractivity contribution is 9.10. The Morgan fingerprint density at radius 1 is 1.00 bits per heavy atom. The molecule has 0 aromatic heterocycles. The monoisotopic (exact) mass is 427 g/mol. The summed E-state index contributed by atoms with van der Waals surface area (Å²) in [5.74, 6) is 0.785. The van der Waals surface area contributed by atoms with Gasteiger partial charge in [0.2, 0.25) is 0 Å². The molecule has 0 N–H and O–H groups in total. The van der Waals surface area contributed by atoms with Crippen molar-refractivity contribution in [2.75, 3.05) is 0 Å². The molecule has 26 heavy (non-hydrogen) atoms. The predicted molar refractivity (Wildman–Crippen MR) is 113 cm³/mol. The van der Waals surface area contributed by atoms with Gasteiger partial charge >= 0.3 is 0 Å². The molecule has 0 aliphatic carbocycles. The molecule has 4 heteroatoms. The average molecular weight is 429 g/mol. The number of benzene rings is 3. The topological polar surface area (TPSA) is 21.6 Å². The highest BCUT2D eigenvalue weighted by Crippen LogP contribution is 2.27. The first kappa shape index (κ1) is 18.7. The Bertz CT molecular complexity index is 953. The van der Waals surface area contributed by atoms with E-state index in [-0.39, 0.29) is 0 Å². The first-order chi connectivity index (χ1) is 12.5. The quantitative estimate of drug-likeness (QED) is 0.399. The molecule has 0 bridgehead atoms. The summed E-state index contributed by atoms with van der Waals surface area (Å²) < 4.78 is 6.77. The third kappa shape index (κ3) is 4.96. The van der Waals surface area contributed by atoms with Crippen molar-refractivity contribution in [1.82, 2.24) is 0 Å². The molecule has 0 aliphatic heterocycles. The van der Waals surface area contributed by atoms with Crippen molar-refractivity contribution >= 4 is 39.4 Å². The Morgan fingerprint density at radius 3 is 2.58 bits per heavy atom. The molecule has 0 atom stereocenters. The summed E-state index contributed by atoms with van der Waals surface area (Å²) in [4.78, 5) is 4.55. The summed E-state index contributed by atoms with van der Waals surface area (Å²) in [6.07, 6.45) is 1.86. The summed E-state index contributed by atoms with van der Waals surface area (Å²) in [6, 6.07) is 19.8. The maximum absolute atomic E-state index is 6.00. The number of nitrogens with zero attached hydrogens (tertiary/aromatic N) is 1. The molecule has 0 saturated heterocycles. The molecule has 0 heterocycles. The van der Waals surface area contributed by atoms with Crippen LogP contribution in [0.4, 0.5) is 5.69 Å². The Kier molecular flexibility index (Phi) is 6.12. The maximum Gasteiger partial charge on any atom is 0.134 e. The number of aliphatic imine (C=N–C) groups is 1. The van der Waals surface area contributed by atoms with Crippen LogP contribution in [0.3, 0.4) is 0 Å². The molecular weight excluding hydrogens is 410 g/mol. The minimum Gasteiger partial charge on any atom is -0.488 e. The number of hydrogen-bond donors (Lipinski definition) is 0. The van der Waals surface area contributed by atoms with Crippen LogP contribution in [-0.4, -0.2) is 6.21 Å². The van der Waals surface area contributed by atoms with Crippen molar-refractivity contribution in [3.8, 4) is 5.75 Å². The molecule has 0 spiro atoms. The Morgan fingerprint density at radius 2 is 1.85 bits per heavy atom. The minimum atomic E-state index is 0.467. The second-order valence-corrected chi connectivity index (χ2v) is 7.43. The fourth-order valence-corrected chi connectivity index (χ4v) is 3.18. The Labute approximate surface area is 167 Å². The molecule has 0 fully saturated rings. The molecule has 3 aromatic rings. The number of aryl methyl sites for hydroxylation is 2. The molecule has 0 unspecified atom stereocenters. The Balaban J connectivity index is 1.68. The number of hydrogen-bond acceptors (Lipinski definition) is 2. The molecule has 0 saturated carbocycles. The van der Waals surface area contributed by atoms with Crippen molar-refractivity contribution in [2.45, 2.75) is 20.5 Å². The SMILES string of the molecule is Cc1ccc(N=Cc2ccc(OCc3cccc(Cl)c3)c(Br)c2)cc1C. The molecule has 132 valence electrons. The molecule has 0 aliphatic rings. The zero-order valence-electron chi connectivity index (χ0n) is 14.7. The van der Waals surface area contributed by atoms with Gasteiger partial charge in [0, 0.05) is 11.2 Å². The second kappa shape index (κ2) is 8.52. The van der Waals surface area contributed by atoms with Crippen LogP contribution in [0, 0.1) is 13.8 Å². The van der Waals surface area contributed by atoms with Crippen LogP contribution >= 0.6 is 27.5 Å². The molecule has 0 amide bonds. The van der Waals surface area contributed by atoms with Gasteiger partial charge in [-0.1, -0.05) is 29.8 Å². The van der Waals surface area contributed by atoms with Gasteiger partial charge in [0.25, 0.3) is 0 Å². The van der Waals surface area contributed by atoms with Crippen LogP contribution in [0.15, 0.2) is 70.1 Å². The maximum atomic E-state index is 6.00. The first-order valence-electron chi connectivity index (χ1n) is 8.29. The van der Waals surface area contributed by atoms with Crippen LogP contribution in [0.2, 0.25) is 5.02 Å². The zero-order chi connectivity index (χ0) is 18.5. The van der Waals surface area contributed by atoms with Crippen LogP contribution in [0.25, 0.3) is 0 Å². The van der Waals surface area contributed by atoms with E-state index in [1.165, 1.54) is 11.1 Å². The van der Waals surface area contributed by atoms with Crippen LogP contribution in [-0.2, 0) is 6.61 Å². The summed E-state index contributed by atoms with van der Waals surface area (Å²) >= 11 is 9.57. The lowest BCUT2D eigenvalue weighted by Crippen LogP contribution is -1.96. The van der Waals surface area contributed by atoms with Gasteiger partial charge in [-0.05, 0) is 94.5 Å². The van der Waals surface area contributed by atoms with Crippen molar-refractivity contribution in [2.24, 2.45) is 4.99 Å². The summed E-state index contributed by atoms with van der Waals surface area (Å²) in [5.41, 5.74) is 5.50. The average Bonchev–Trinajstić information content (AvgIpc) is 2.62. The van der Waals surface area contributed by atoms with Gasteiger partial charge < -0.3 is 4.74 Å². The van der Waals surface area contributed by atoms with Crippen molar-refractivity contribution in [1.29, 1.82) is 0 Å². The van der Waals surface area contributed by atoms with Crippen LogP contribution in [0.1, 0.15) is 22.3 Å². The number of rotatable bonds is 5. The zero-order valence-corrected chi connectivity index (χ0v) is 17.0. The van der Waals surface area contributed by atoms with Gasteiger partial charge in [0.1, 0.15) is 12.4 Å². The van der Waals surface area contributed by atoms with E-state index in [1.54, 1.807) is 0 Å². The lowest BCUT2D eigenvalue weighted by Gasteiger charge is -2.09. The third-order valence-electron chi connectivity index (χ3n) is 4.09. The van der Waals surface area contributed by atoms with Crippen LogP contribution < -0.4 is 4.74 Å². The second-order valence-electron chi connectivity index (χ2n) is 6.14. The van der Waals surface area contributed by atoms with Gasteiger partial charge in [-0.15, -0.1) is 0 Å². The molecule has 3 rings (SSSR count). The van der Waals surface area contributed by atoms with E-state index in [0.717, 1.165) is 27.0 Å². The van der Waals surface area contributed by atoms with E-state index in [1.807, 2.05) is 54.7 Å². The standard InChI is InChI=1S/C22H19BrClNO/c1-15-6-8-20(10-16(15)2)25-13-17-7-9-22(21(23)12-17)26-14-18-4-3-5-19(24)11-18/h3-13H,14H2,1-2H3. The molecule has 3 aromatic carbocycles. The van der Waals surface area contributed by atoms with Crippen molar-refractivity contribution in [3.63, 3.8) is 0 Å². The fraction of sp³-hybridized carbons (Fsp3) is 0.136. The number of ether oxygens (including phenoxy) is 1. The molecule has 0 radical (unpaired) electrons. The Hall–Kier alpha value is -2.10. The van der Waals surface area contributed by atoms with Gasteiger partial charge in [0.15, 0.2) is 0 Å². The fourth-order valence-electron chi connectivity index (χ4n) is 2.46. The normalized spacial score (nSPS) is 11.1. The van der Waals surface area contributed by atoms with E-state index in [9.17, 15) is 0 Å². The van der Waals surface area contributed by atoms with Crippen molar-refractivity contribution in [3.05, 3.63) is 92.4 Å². The van der Waals surface area contributed by atoms with E-state index < -0.39 is 0 Å². The largest absolute Gasteiger partial charge is 0.488 e. The third-order valence-corrected chi connectivity index (χ3v) is 4.95. The summed E-state index contributed by atoms with van der Waals surface area (Å²) in [6.45, 7) is 4.66. The highest BCUT2D eigenvalue weighted by atomic mass is 79.9. The van der Waals surface area contributed by atoms with Gasteiger partial charge in [-0.25, -0.2) is 0 Å². The summed E-state index contributed by atoms with van der Waals surface area (Å²) in [5, 5.41) is 0.711. The van der Waals surface area contributed by atoms with E-state index in [2.05, 4.69) is 46.9 Å². The smallest absolute Gasteiger partial charge is 0.134 e. The lowest BCUT2D eigenvalue weighted by molar-refractivity contribution is 0.304. The first-order valence-corrected chi connectivity index (χ1v) is 9.46. The highest BCUT2D eigenvalue weighted by Gasteiger charge is 2.03. The van der Waals surface area contributed by atoms with Gasteiger partial charge in [0.05, 0.1) is 10.2 Å².